The number of fused-ring (bicyclic) bond motifs is 1. The van der Waals surface area contributed by atoms with Crippen LogP contribution in [0.2, 0.25) is 0 Å². The van der Waals surface area contributed by atoms with Gasteiger partial charge in [-0.2, -0.15) is 0 Å². The molecule has 0 bridgehead atoms. The van der Waals surface area contributed by atoms with Crippen LogP contribution in [-0.2, 0) is 0 Å². The van der Waals surface area contributed by atoms with E-state index in [1.165, 1.54) is 12.3 Å². The van der Waals surface area contributed by atoms with Gasteiger partial charge in [0.15, 0.2) is 5.43 Å². The van der Waals surface area contributed by atoms with Gasteiger partial charge in [-0.15, -0.1) is 0 Å². The van der Waals surface area contributed by atoms with Gasteiger partial charge in [0.05, 0.1) is 27.6 Å². The van der Waals surface area contributed by atoms with Crippen LogP contribution in [0, 0.1) is 0 Å². The van der Waals surface area contributed by atoms with E-state index in [9.17, 15) is 9.90 Å². The number of hydrogen-bond donors (Lipinski definition) is 2. The van der Waals surface area contributed by atoms with Gasteiger partial charge >= 0.3 is 0 Å². The minimum Gasteiger partial charge on any atom is -0.505 e. The van der Waals surface area contributed by atoms with Crippen LogP contribution in [0.15, 0.2) is 48.7 Å². The van der Waals surface area contributed by atoms with Gasteiger partial charge in [-0.05, 0) is 50.1 Å². The number of nitrogens with zero attached hydrogens (tertiary/aromatic N) is 1. The molecule has 0 atom stereocenters. The van der Waals surface area contributed by atoms with Crippen molar-refractivity contribution < 1.29 is 5.11 Å². The zero-order valence-electron chi connectivity index (χ0n) is 10.3. The van der Waals surface area contributed by atoms with Crippen LogP contribution < -0.4 is 5.43 Å². The Kier molecular flexibility index (Phi) is 3.90. The lowest BCUT2D eigenvalue weighted by atomic mass is 10.1. The van der Waals surface area contributed by atoms with Crippen LogP contribution in [0.25, 0.3) is 22.3 Å². The van der Waals surface area contributed by atoms with Crippen LogP contribution in [0.3, 0.4) is 0 Å². The van der Waals surface area contributed by atoms with Gasteiger partial charge in [-0.25, -0.2) is 0 Å². The predicted octanol–water partition coefficient (Wildman–Crippen LogP) is 4.58. The number of aromatic hydroxyl groups is 1. The number of aromatic amines is 1. The smallest absolute Gasteiger partial charge is 0.190 e. The van der Waals surface area contributed by atoms with Gasteiger partial charge in [0, 0.05) is 20.4 Å². The first-order valence-corrected chi connectivity index (χ1v) is 8.20. The molecule has 0 fully saturated rings. The Morgan fingerprint density at radius 3 is 2.52 bits per heavy atom. The topological polar surface area (TPSA) is 66.0 Å². The van der Waals surface area contributed by atoms with E-state index in [-0.39, 0.29) is 11.2 Å². The van der Waals surface area contributed by atoms with Crippen molar-refractivity contribution in [1.29, 1.82) is 0 Å². The average molecular weight is 475 g/mol. The Morgan fingerprint density at radius 1 is 1.05 bits per heavy atom. The summed E-state index contributed by atoms with van der Waals surface area (Å²) in [6.07, 6.45) is 1.33. The summed E-state index contributed by atoms with van der Waals surface area (Å²) in [5.74, 6) is 0.0481. The van der Waals surface area contributed by atoms with Crippen molar-refractivity contribution in [1.82, 2.24) is 9.97 Å². The Hall–Kier alpha value is -1.18. The minimum atomic E-state index is -0.105. The number of hydrogen-bond acceptors (Lipinski definition) is 3. The monoisotopic (exact) mass is 472 g/mol. The molecule has 21 heavy (non-hydrogen) atoms. The molecule has 4 nitrogen and oxygen atoms in total. The molecular formula is C14H7Br3N2O2. The second-order valence-electron chi connectivity index (χ2n) is 4.38. The summed E-state index contributed by atoms with van der Waals surface area (Å²) < 4.78 is 2.12. The lowest BCUT2D eigenvalue weighted by Crippen LogP contribution is -2.04. The maximum absolute atomic E-state index is 12.3. The van der Waals surface area contributed by atoms with Gasteiger partial charge in [-0.3, -0.25) is 9.78 Å². The van der Waals surface area contributed by atoms with Crippen LogP contribution in [0.1, 0.15) is 0 Å². The molecule has 0 unspecified atom stereocenters. The molecule has 0 saturated heterocycles. The Labute approximate surface area is 144 Å². The number of halogens is 3. The van der Waals surface area contributed by atoms with Crippen LogP contribution in [0.4, 0.5) is 0 Å². The molecule has 106 valence electrons. The summed E-state index contributed by atoms with van der Waals surface area (Å²) in [6.45, 7) is 0. The second-order valence-corrected chi connectivity index (χ2v) is 7.00. The lowest BCUT2D eigenvalue weighted by Gasteiger charge is -2.07. The fourth-order valence-electron chi connectivity index (χ4n) is 1.98. The summed E-state index contributed by atoms with van der Waals surface area (Å²) in [5, 5.41) is 10.1. The molecule has 2 heterocycles. The lowest BCUT2D eigenvalue weighted by molar-refractivity contribution is 0.469. The Morgan fingerprint density at radius 2 is 1.81 bits per heavy atom. The van der Waals surface area contributed by atoms with Crippen LogP contribution in [-0.4, -0.2) is 15.1 Å². The van der Waals surface area contributed by atoms with Gasteiger partial charge in [0.1, 0.15) is 5.75 Å². The molecule has 2 N–H and O–H groups in total. The van der Waals surface area contributed by atoms with Crippen molar-refractivity contribution >= 4 is 58.7 Å². The molecule has 3 rings (SSSR count). The van der Waals surface area contributed by atoms with Crippen molar-refractivity contribution in [2.24, 2.45) is 0 Å². The number of aromatic nitrogens is 2. The summed E-state index contributed by atoms with van der Waals surface area (Å²) in [7, 11) is 0. The molecular weight excluding hydrogens is 468 g/mol. The normalized spacial score (nSPS) is 11.0. The maximum atomic E-state index is 12.3. The number of nitrogens with one attached hydrogen (secondary N) is 1. The number of rotatable bonds is 1. The molecule has 0 aliphatic rings. The second kappa shape index (κ2) is 5.55. The number of benzene rings is 1. The summed E-state index contributed by atoms with van der Waals surface area (Å²) in [4.78, 5) is 19.6. The first kappa shape index (κ1) is 14.7. The highest BCUT2D eigenvalue weighted by Gasteiger charge is 2.10. The van der Waals surface area contributed by atoms with Crippen molar-refractivity contribution in [2.45, 2.75) is 0 Å². The molecule has 0 aliphatic carbocycles. The van der Waals surface area contributed by atoms with E-state index in [0.717, 1.165) is 8.95 Å². The van der Waals surface area contributed by atoms with E-state index >= 15 is 0 Å². The standard InChI is InChI=1S/C14H7Br3N2O2/c15-6-1-7-12(20)4-11(19-14(7)9(17)2-6)10-3-8(16)13(21)5-18-10/h1-5,21H,(H,19,20). The minimum absolute atomic E-state index is 0.0481. The van der Waals surface area contributed by atoms with Gasteiger partial charge in [0.25, 0.3) is 0 Å². The fraction of sp³-hybridized carbons (Fsp3) is 0. The quantitative estimate of drug-likeness (QED) is 0.542. The zero-order valence-corrected chi connectivity index (χ0v) is 15.1. The van der Waals surface area contributed by atoms with E-state index in [2.05, 4.69) is 57.8 Å². The summed E-state index contributed by atoms with van der Waals surface area (Å²) >= 11 is 10.1. The van der Waals surface area contributed by atoms with Crippen molar-refractivity contribution in [2.75, 3.05) is 0 Å². The molecule has 1 aromatic carbocycles. The van der Waals surface area contributed by atoms with Crippen molar-refractivity contribution in [3.05, 3.63) is 54.1 Å². The zero-order chi connectivity index (χ0) is 15.1. The highest BCUT2D eigenvalue weighted by Crippen LogP contribution is 2.29. The predicted molar refractivity (Wildman–Crippen MR) is 92.6 cm³/mol. The third-order valence-electron chi connectivity index (χ3n) is 2.97. The third-order valence-corrected chi connectivity index (χ3v) is 4.68. The molecule has 0 aliphatic heterocycles. The van der Waals surface area contributed by atoms with E-state index in [4.69, 9.17) is 0 Å². The highest BCUT2D eigenvalue weighted by atomic mass is 79.9. The van der Waals surface area contributed by atoms with Gasteiger partial charge in [-0.1, -0.05) is 15.9 Å². The van der Waals surface area contributed by atoms with E-state index < -0.39 is 0 Å². The van der Waals surface area contributed by atoms with Crippen molar-refractivity contribution in [3.8, 4) is 17.1 Å². The van der Waals surface area contributed by atoms with Crippen LogP contribution in [0.5, 0.6) is 5.75 Å². The molecule has 0 amide bonds. The van der Waals surface area contributed by atoms with E-state index in [0.29, 0.717) is 26.8 Å². The largest absolute Gasteiger partial charge is 0.505 e. The Balaban J connectivity index is 2.30. The first-order valence-electron chi connectivity index (χ1n) is 5.82. The first-order chi connectivity index (χ1) is 9.95. The molecule has 0 saturated carbocycles. The molecule has 3 aromatic rings. The average Bonchev–Trinajstić information content (AvgIpc) is 2.43. The highest BCUT2D eigenvalue weighted by molar-refractivity contribution is 9.11. The molecule has 0 spiro atoms. The van der Waals surface area contributed by atoms with Gasteiger partial charge < -0.3 is 10.1 Å². The third kappa shape index (κ3) is 2.77. The fourth-order valence-corrected chi connectivity index (χ4v) is 3.63. The Bertz CT molecular complexity index is 922. The van der Waals surface area contributed by atoms with E-state index in [1.807, 2.05) is 6.07 Å². The number of H-pyrrole nitrogens is 1. The SMILES string of the molecule is O=c1cc(-c2cc(Br)c(O)cn2)[nH]c2c(Br)cc(Br)cc12. The molecule has 7 heteroatoms. The van der Waals surface area contributed by atoms with Gasteiger partial charge in [0.2, 0.25) is 0 Å². The molecule has 0 radical (unpaired) electrons. The van der Waals surface area contributed by atoms with E-state index in [1.54, 1.807) is 12.1 Å². The summed E-state index contributed by atoms with van der Waals surface area (Å²) in [6, 6.07) is 6.78. The number of pyridine rings is 2. The molecule has 2 aromatic heterocycles. The summed E-state index contributed by atoms with van der Waals surface area (Å²) in [5.41, 5.74) is 1.74. The van der Waals surface area contributed by atoms with Crippen LogP contribution >= 0.6 is 47.8 Å². The maximum Gasteiger partial charge on any atom is 0.190 e. The van der Waals surface area contributed by atoms with Crippen molar-refractivity contribution in [3.63, 3.8) is 0 Å².